The number of nitrogens with zero attached hydrogens (tertiary/aromatic N) is 5. The fourth-order valence-electron chi connectivity index (χ4n) is 3.11. The maximum atomic E-state index is 12.9. The molecule has 0 radical (unpaired) electrons. The van der Waals surface area contributed by atoms with E-state index in [-0.39, 0.29) is 15.6 Å². The molecular weight excluding hydrogens is 460 g/mol. The van der Waals surface area contributed by atoms with Crippen molar-refractivity contribution in [2.45, 2.75) is 6.92 Å². The van der Waals surface area contributed by atoms with Crippen LogP contribution in [0.15, 0.2) is 42.5 Å². The van der Waals surface area contributed by atoms with Crippen molar-refractivity contribution < 1.29 is 9.72 Å². The highest BCUT2D eigenvalue weighted by molar-refractivity contribution is 7.22. The molecule has 0 saturated heterocycles. The zero-order chi connectivity index (χ0) is 21.7. The predicted octanol–water partition coefficient (Wildman–Crippen LogP) is 5.19. The number of anilines is 1. The van der Waals surface area contributed by atoms with Gasteiger partial charge < -0.3 is 5.32 Å². The second kappa shape index (κ2) is 7.38. The van der Waals surface area contributed by atoms with Gasteiger partial charge in [-0.3, -0.25) is 14.9 Å². The van der Waals surface area contributed by atoms with E-state index in [1.54, 1.807) is 34.8 Å². The molecule has 0 aliphatic rings. The SMILES string of the molecule is Cc1nnc2sc(-c3cccc(NC(=O)c4sc5c([N+](=O)[O-])cccc5c4Cl)c3)nn12. The van der Waals surface area contributed by atoms with Crippen LogP contribution >= 0.6 is 34.3 Å². The third-order valence-electron chi connectivity index (χ3n) is 4.55. The van der Waals surface area contributed by atoms with E-state index in [9.17, 15) is 14.9 Å². The summed E-state index contributed by atoms with van der Waals surface area (Å²) >= 11 is 8.76. The van der Waals surface area contributed by atoms with Crippen LogP contribution in [-0.4, -0.2) is 30.6 Å². The number of hydrogen-bond donors (Lipinski definition) is 1. The van der Waals surface area contributed by atoms with Gasteiger partial charge in [0.05, 0.1) is 9.95 Å². The number of amides is 1. The van der Waals surface area contributed by atoms with E-state index >= 15 is 0 Å². The van der Waals surface area contributed by atoms with Gasteiger partial charge in [-0.2, -0.15) is 9.61 Å². The standard InChI is InChI=1S/C19H11ClN6O3S2/c1-9-22-23-19-25(9)24-18(31-19)10-4-2-5-11(8-10)21-17(27)16-14(20)12-6-3-7-13(26(28)29)15(12)30-16/h2-8H,1H3,(H,21,27). The molecule has 5 aromatic rings. The molecule has 9 nitrogen and oxygen atoms in total. The molecule has 154 valence electrons. The highest BCUT2D eigenvalue weighted by Crippen LogP contribution is 2.40. The van der Waals surface area contributed by atoms with E-state index in [4.69, 9.17) is 11.6 Å². The van der Waals surface area contributed by atoms with Crippen LogP contribution in [0.2, 0.25) is 5.02 Å². The van der Waals surface area contributed by atoms with Gasteiger partial charge in [0.2, 0.25) is 4.96 Å². The molecule has 5 rings (SSSR count). The average molecular weight is 471 g/mol. The summed E-state index contributed by atoms with van der Waals surface area (Å²) in [6, 6.07) is 11.8. The van der Waals surface area contributed by atoms with Crippen LogP contribution in [0, 0.1) is 17.0 Å². The maximum Gasteiger partial charge on any atom is 0.287 e. The zero-order valence-corrected chi connectivity index (χ0v) is 18.1. The fourth-order valence-corrected chi connectivity index (χ4v) is 5.48. The van der Waals surface area contributed by atoms with Gasteiger partial charge in [0, 0.05) is 22.7 Å². The summed E-state index contributed by atoms with van der Waals surface area (Å²) in [6.07, 6.45) is 0. The largest absolute Gasteiger partial charge is 0.321 e. The van der Waals surface area contributed by atoms with Crippen molar-refractivity contribution in [1.29, 1.82) is 0 Å². The Hall–Kier alpha value is -3.41. The lowest BCUT2D eigenvalue weighted by molar-refractivity contribution is -0.382. The van der Waals surface area contributed by atoms with E-state index in [0.29, 0.717) is 26.6 Å². The summed E-state index contributed by atoms with van der Waals surface area (Å²) in [5.74, 6) is 0.252. The number of aryl methyl sites for hydroxylation is 1. The first-order chi connectivity index (χ1) is 14.9. The third-order valence-corrected chi connectivity index (χ3v) is 7.23. The molecule has 0 fully saturated rings. The number of carbonyl (C=O) groups excluding carboxylic acids is 1. The van der Waals surface area contributed by atoms with Gasteiger partial charge in [0.25, 0.3) is 11.6 Å². The molecule has 0 spiro atoms. The Morgan fingerprint density at radius 3 is 2.77 bits per heavy atom. The van der Waals surface area contributed by atoms with Gasteiger partial charge in [0.1, 0.15) is 14.6 Å². The number of nitro groups is 1. The number of aromatic nitrogens is 4. The lowest BCUT2D eigenvalue weighted by Gasteiger charge is -2.05. The van der Waals surface area contributed by atoms with E-state index in [0.717, 1.165) is 21.9 Å². The predicted molar refractivity (Wildman–Crippen MR) is 120 cm³/mol. The van der Waals surface area contributed by atoms with Gasteiger partial charge in [-0.05, 0) is 19.1 Å². The number of halogens is 1. The number of non-ortho nitro benzene ring substituents is 1. The Kier molecular flexibility index (Phi) is 4.65. The first kappa shape index (κ1) is 19.5. The normalized spacial score (nSPS) is 11.3. The second-order valence-electron chi connectivity index (χ2n) is 6.54. The second-order valence-corrected chi connectivity index (χ2v) is 8.89. The summed E-state index contributed by atoms with van der Waals surface area (Å²) in [5.41, 5.74) is 1.28. The molecule has 3 heterocycles. The Morgan fingerprint density at radius 1 is 1.19 bits per heavy atom. The van der Waals surface area contributed by atoms with Gasteiger partial charge in [-0.15, -0.1) is 21.5 Å². The van der Waals surface area contributed by atoms with E-state index in [1.165, 1.54) is 17.4 Å². The fraction of sp³-hybridized carbons (Fsp3) is 0.0526. The minimum absolute atomic E-state index is 0.0796. The molecule has 0 atom stereocenters. The van der Waals surface area contributed by atoms with Crippen molar-refractivity contribution in [2.24, 2.45) is 0 Å². The van der Waals surface area contributed by atoms with Crippen molar-refractivity contribution in [2.75, 3.05) is 5.32 Å². The van der Waals surface area contributed by atoms with Gasteiger partial charge in [-0.25, -0.2) is 0 Å². The third kappa shape index (κ3) is 3.32. The van der Waals surface area contributed by atoms with Crippen LogP contribution in [0.25, 0.3) is 25.6 Å². The lowest BCUT2D eigenvalue weighted by Crippen LogP contribution is -2.10. The number of carbonyl (C=O) groups is 1. The number of thiophene rings is 1. The molecule has 31 heavy (non-hydrogen) atoms. The summed E-state index contributed by atoms with van der Waals surface area (Å²) < 4.78 is 2.03. The number of rotatable bonds is 4. The van der Waals surface area contributed by atoms with E-state index in [2.05, 4.69) is 20.6 Å². The molecule has 1 amide bonds. The molecule has 0 saturated carbocycles. The van der Waals surface area contributed by atoms with Crippen molar-refractivity contribution in [3.8, 4) is 10.6 Å². The van der Waals surface area contributed by atoms with Crippen LogP contribution in [-0.2, 0) is 0 Å². The molecule has 0 bridgehead atoms. The van der Waals surface area contributed by atoms with Crippen molar-refractivity contribution >= 4 is 66.6 Å². The first-order valence-corrected chi connectivity index (χ1v) is 10.9. The number of benzene rings is 2. The van der Waals surface area contributed by atoms with Crippen LogP contribution < -0.4 is 5.32 Å². The van der Waals surface area contributed by atoms with Crippen LogP contribution in [0.4, 0.5) is 11.4 Å². The smallest absolute Gasteiger partial charge is 0.287 e. The Labute approximate surface area is 187 Å². The quantitative estimate of drug-likeness (QED) is 0.285. The molecule has 12 heteroatoms. The lowest BCUT2D eigenvalue weighted by atomic mass is 10.2. The summed E-state index contributed by atoms with van der Waals surface area (Å²) in [4.78, 5) is 24.6. The van der Waals surface area contributed by atoms with Gasteiger partial charge >= 0.3 is 0 Å². The average Bonchev–Trinajstić information content (AvgIpc) is 3.43. The van der Waals surface area contributed by atoms with Crippen LogP contribution in [0.5, 0.6) is 0 Å². The zero-order valence-electron chi connectivity index (χ0n) is 15.7. The molecule has 1 N–H and O–H groups in total. The number of nitrogens with one attached hydrogen (secondary N) is 1. The Balaban J connectivity index is 1.47. The van der Waals surface area contributed by atoms with Gasteiger partial charge in [-0.1, -0.05) is 47.2 Å². The molecule has 0 unspecified atom stereocenters. The highest BCUT2D eigenvalue weighted by Gasteiger charge is 2.23. The van der Waals surface area contributed by atoms with E-state index in [1.807, 2.05) is 13.0 Å². The van der Waals surface area contributed by atoms with Crippen molar-refractivity contribution in [3.63, 3.8) is 0 Å². The van der Waals surface area contributed by atoms with E-state index < -0.39 is 10.8 Å². The monoisotopic (exact) mass is 470 g/mol. The first-order valence-electron chi connectivity index (χ1n) is 8.88. The molecule has 0 aliphatic carbocycles. The highest BCUT2D eigenvalue weighted by atomic mass is 35.5. The molecule has 2 aromatic carbocycles. The summed E-state index contributed by atoms with van der Waals surface area (Å²) in [6.45, 7) is 1.82. The van der Waals surface area contributed by atoms with Crippen molar-refractivity contribution in [1.82, 2.24) is 19.8 Å². The summed E-state index contributed by atoms with van der Waals surface area (Å²) in [7, 11) is 0. The van der Waals surface area contributed by atoms with Crippen molar-refractivity contribution in [3.05, 3.63) is 68.3 Å². The van der Waals surface area contributed by atoms with Crippen LogP contribution in [0.1, 0.15) is 15.5 Å². The van der Waals surface area contributed by atoms with Gasteiger partial charge in [0.15, 0.2) is 5.82 Å². The number of nitro benzene ring substituents is 1. The number of fused-ring (bicyclic) bond motifs is 2. The molecule has 0 aliphatic heterocycles. The molecular formula is C19H11ClN6O3S2. The Morgan fingerprint density at radius 2 is 2.00 bits per heavy atom. The minimum Gasteiger partial charge on any atom is -0.321 e. The summed E-state index contributed by atoms with van der Waals surface area (Å²) in [5, 5.41) is 28.1. The minimum atomic E-state index is -0.484. The topological polar surface area (TPSA) is 115 Å². The maximum absolute atomic E-state index is 12.9. The molecule has 3 aromatic heterocycles. The van der Waals surface area contributed by atoms with Crippen LogP contribution in [0.3, 0.4) is 0 Å². The Bertz CT molecular complexity index is 1510. The number of hydrogen-bond acceptors (Lipinski definition) is 8.